The maximum atomic E-state index is 11.0. The maximum Gasteiger partial charge on any atom is 0.150 e. The lowest BCUT2D eigenvalue weighted by Crippen LogP contribution is -2.23. The SMILES string of the molecule is CSCC(O)C1CCS(=O)(=O)C1. The zero-order chi connectivity index (χ0) is 9.19. The van der Waals surface area contributed by atoms with Crippen LogP contribution in [0.15, 0.2) is 0 Å². The molecule has 1 saturated heterocycles. The van der Waals surface area contributed by atoms with Crippen molar-refractivity contribution in [2.45, 2.75) is 12.5 Å². The molecule has 0 spiro atoms. The van der Waals surface area contributed by atoms with Crippen LogP contribution in [0, 0.1) is 5.92 Å². The molecule has 1 aliphatic rings. The highest BCUT2D eigenvalue weighted by molar-refractivity contribution is 7.98. The van der Waals surface area contributed by atoms with Gasteiger partial charge in [-0.15, -0.1) is 0 Å². The third kappa shape index (κ3) is 2.64. The van der Waals surface area contributed by atoms with Gasteiger partial charge in [-0.1, -0.05) is 0 Å². The average Bonchev–Trinajstić information content (AvgIpc) is 2.31. The Labute approximate surface area is 77.5 Å². The van der Waals surface area contributed by atoms with E-state index in [1.54, 1.807) is 11.8 Å². The lowest BCUT2D eigenvalue weighted by atomic mass is 10.0. The molecule has 1 aliphatic heterocycles. The molecule has 0 aliphatic carbocycles. The second kappa shape index (κ2) is 3.98. The van der Waals surface area contributed by atoms with Crippen molar-refractivity contribution < 1.29 is 13.5 Å². The van der Waals surface area contributed by atoms with Crippen molar-refractivity contribution in [2.24, 2.45) is 5.92 Å². The monoisotopic (exact) mass is 210 g/mol. The Bertz CT molecular complexity index is 235. The number of aliphatic hydroxyl groups is 1. The average molecular weight is 210 g/mol. The van der Waals surface area contributed by atoms with Gasteiger partial charge in [-0.05, 0) is 12.7 Å². The van der Waals surface area contributed by atoms with Gasteiger partial charge in [0.25, 0.3) is 0 Å². The summed E-state index contributed by atoms with van der Waals surface area (Å²) in [4.78, 5) is 0. The van der Waals surface area contributed by atoms with Gasteiger partial charge in [0.15, 0.2) is 9.84 Å². The molecule has 0 bridgehead atoms. The summed E-state index contributed by atoms with van der Waals surface area (Å²) in [6, 6.07) is 0. The molecule has 12 heavy (non-hydrogen) atoms. The zero-order valence-corrected chi connectivity index (χ0v) is 8.70. The largest absolute Gasteiger partial charge is 0.392 e. The fourth-order valence-electron chi connectivity index (χ4n) is 1.43. The first kappa shape index (κ1) is 10.3. The van der Waals surface area contributed by atoms with E-state index in [2.05, 4.69) is 0 Å². The van der Waals surface area contributed by atoms with Crippen molar-refractivity contribution >= 4 is 21.6 Å². The fraction of sp³-hybridized carbons (Fsp3) is 1.00. The minimum absolute atomic E-state index is 0.0255. The van der Waals surface area contributed by atoms with Gasteiger partial charge in [0.1, 0.15) is 0 Å². The van der Waals surface area contributed by atoms with Crippen molar-refractivity contribution in [1.29, 1.82) is 0 Å². The fourth-order valence-corrected chi connectivity index (χ4v) is 3.92. The van der Waals surface area contributed by atoms with Crippen LogP contribution in [0.25, 0.3) is 0 Å². The Hall–Kier alpha value is 0.260. The van der Waals surface area contributed by atoms with E-state index in [1.165, 1.54) is 0 Å². The minimum Gasteiger partial charge on any atom is -0.392 e. The molecule has 2 unspecified atom stereocenters. The van der Waals surface area contributed by atoms with E-state index < -0.39 is 15.9 Å². The van der Waals surface area contributed by atoms with E-state index in [4.69, 9.17) is 0 Å². The Morgan fingerprint density at radius 3 is 2.75 bits per heavy atom. The summed E-state index contributed by atoms with van der Waals surface area (Å²) in [6.45, 7) is 0. The lowest BCUT2D eigenvalue weighted by Gasteiger charge is -2.14. The molecule has 1 heterocycles. The van der Waals surface area contributed by atoms with Crippen molar-refractivity contribution in [1.82, 2.24) is 0 Å². The summed E-state index contributed by atoms with van der Waals surface area (Å²) >= 11 is 1.55. The summed E-state index contributed by atoms with van der Waals surface area (Å²) in [7, 11) is -2.83. The van der Waals surface area contributed by atoms with Gasteiger partial charge in [-0.2, -0.15) is 11.8 Å². The lowest BCUT2D eigenvalue weighted by molar-refractivity contribution is 0.143. The quantitative estimate of drug-likeness (QED) is 0.720. The molecular weight excluding hydrogens is 196 g/mol. The number of hydrogen-bond donors (Lipinski definition) is 1. The maximum absolute atomic E-state index is 11.0. The van der Waals surface area contributed by atoms with Crippen LogP contribution in [0.5, 0.6) is 0 Å². The highest BCUT2D eigenvalue weighted by Gasteiger charge is 2.32. The third-order valence-electron chi connectivity index (χ3n) is 2.15. The second-order valence-electron chi connectivity index (χ2n) is 3.19. The summed E-state index contributed by atoms with van der Waals surface area (Å²) in [5, 5.41) is 9.50. The van der Waals surface area contributed by atoms with E-state index in [-0.39, 0.29) is 17.4 Å². The Balaban J connectivity index is 2.46. The van der Waals surface area contributed by atoms with Crippen LogP contribution >= 0.6 is 11.8 Å². The van der Waals surface area contributed by atoms with Gasteiger partial charge >= 0.3 is 0 Å². The van der Waals surface area contributed by atoms with Crippen LogP contribution in [0.1, 0.15) is 6.42 Å². The predicted molar refractivity (Wildman–Crippen MR) is 51.1 cm³/mol. The predicted octanol–water partition coefficient (Wildman–Crippen LogP) is 0.145. The molecule has 1 fully saturated rings. The van der Waals surface area contributed by atoms with Gasteiger partial charge in [0.05, 0.1) is 17.6 Å². The van der Waals surface area contributed by atoms with Crippen LogP contribution in [-0.2, 0) is 9.84 Å². The normalized spacial score (nSPS) is 30.3. The standard InChI is InChI=1S/C7H14O3S2/c1-11-4-7(8)6-2-3-12(9,10)5-6/h6-8H,2-5H2,1H3. The van der Waals surface area contributed by atoms with Gasteiger partial charge in [0, 0.05) is 11.7 Å². The van der Waals surface area contributed by atoms with E-state index in [0.29, 0.717) is 12.2 Å². The number of sulfone groups is 1. The van der Waals surface area contributed by atoms with E-state index in [1.807, 2.05) is 6.26 Å². The van der Waals surface area contributed by atoms with Crippen molar-refractivity contribution in [3.8, 4) is 0 Å². The first-order valence-corrected chi connectivity index (χ1v) is 7.14. The summed E-state index contributed by atoms with van der Waals surface area (Å²) in [5.41, 5.74) is 0. The van der Waals surface area contributed by atoms with Crippen LogP contribution in [0.4, 0.5) is 0 Å². The first-order chi connectivity index (χ1) is 5.55. The molecule has 0 amide bonds. The van der Waals surface area contributed by atoms with Crippen molar-refractivity contribution in [3.63, 3.8) is 0 Å². The molecular formula is C7H14O3S2. The topological polar surface area (TPSA) is 54.4 Å². The molecule has 0 aromatic carbocycles. The van der Waals surface area contributed by atoms with Crippen LogP contribution in [0.2, 0.25) is 0 Å². The Morgan fingerprint density at radius 1 is 1.67 bits per heavy atom. The molecule has 0 radical (unpaired) electrons. The Kier molecular flexibility index (Phi) is 3.43. The van der Waals surface area contributed by atoms with Crippen LogP contribution < -0.4 is 0 Å². The van der Waals surface area contributed by atoms with Crippen LogP contribution in [-0.4, -0.2) is 43.1 Å². The number of hydrogen-bond acceptors (Lipinski definition) is 4. The molecule has 1 N–H and O–H groups in total. The number of thioether (sulfide) groups is 1. The Morgan fingerprint density at radius 2 is 2.33 bits per heavy atom. The van der Waals surface area contributed by atoms with Gasteiger partial charge < -0.3 is 5.11 Å². The first-order valence-electron chi connectivity index (χ1n) is 3.92. The van der Waals surface area contributed by atoms with Crippen molar-refractivity contribution in [3.05, 3.63) is 0 Å². The summed E-state index contributed by atoms with van der Waals surface area (Å²) < 4.78 is 22.1. The molecule has 1 rings (SSSR count). The molecule has 0 aromatic rings. The zero-order valence-electron chi connectivity index (χ0n) is 7.06. The van der Waals surface area contributed by atoms with Crippen LogP contribution in [0.3, 0.4) is 0 Å². The minimum atomic E-state index is -2.83. The summed E-state index contributed by atoms with van der Waals surface area (Å²) in [5.74, 6) is 1.04. The number of aliphatic hydroxyl groups excluding tert-OH is 1. The summed E-state index contributed by atoms with van der Waals surface area (Å²) in [6.07, 6.45) is 2.09. The molecule has 2 atom stereocenters. The second-order valence-corrected chi connectivity index (χ2v) is 6.33. The van der Waals surface area contributed by atoms with Gasteiger partial charge in [-0.25, -0.2) is 8.42 Å². The highest BCUT2D eigenvalue weighted by atomic mass is 32.2. The van der Waals surface area contributed by atoms with E-state index >= 15 is 0 Å². The third-order valence-corrected chi connectivity index (χ3v) is 4.62. The van der Waals surface area contributed by atoms with Gasteiger partial charge in [0.2, 0.25) is 0 Å². The van der Waals surface area contributed by atoms with E-state index in [9.17, 15) is 13.5 Å². The van der Waals surface area contributed by atoms with Gasteiger partial charge in [-0.3, -0.25) is 0 Å². The highest BCUT2D eigenvalue weighted by Crippen LogP contribution is 2.23. The van der Waals surface area contributed by atoms with E-state index in [0.717, 1.165) is 0 Å². The molecule has 72 valence electrons. The molecule has 0 aromatic heterocycles. The number of rotatable bonds is 3. The molecule has 5 heteroatoms. The van der Waals surface area contributed by atoms with Crippen molar-refractivity contribution in [2.75, 3.05) is 23.5 Å². The molecule has 3 nitrogen and oxygen atoms in total. The molecule has 0 saturated carbocycles. The smallest absolute Gasteiger partial charge is 0.150 e.